The van der Waals surface area contributed by atoms with E-state index < -0.39 is 27.6 Å². The zero-order valence-electron chi connectivity index (χ0n) is 17.8. The summed E-state index contributed by atoms with van der Waals surface area (Å²) in [5.74, 6) is -0.790. The first-order valence-electron chi connectivity index (χ1n) is 9.93. The molecule has 0 aliphatic carbocycles. The Labute approximate surface area is 193 Å². The number of primary amides is 1. The number of amides is 1. The van der Waals surface area contributed by atoms with Crippen molar-refractivity contribution in [3.63, 3.8) is 0 Å². The molecule has 0 aromatic heterocycles. The minimum absolute atomic E-state index is 0.00260. The van der Waals surface area contributed by atoms with Crippen molar-refractivity contribution in [2.45, 2.75) is 36.9 Å². The Morgan fingerprint density at radius 3 is 2.06 bits per heavy atom. The van der Waals surface area contributed by atoms with Gasteiger partial charge in [0.25, 0.3) is 0 Å². The van der Waals surface area contributed by atoms with Crippen molar-refractivity contribution >= 4 is 27.5 Å². The molecular formula is C24H25ClN2O4S. The smallest absolute Gasteiger partial charge is 0.244 e. The Morgan fingerprint density at radius 2 is 1.56 bits per heavy atom. The average Bonchev–Trinajstić information content (AvgIpc) is 2.74. The van der Waals surface area contributed by atoms with E-state index in [2.05, 4.69) is 0 Å². The Kier molecular flexibility index (Phi) is 7.05. The first-order chi connectivity index (χ1) is 15.0. The number of halogens is 1. The van der Waals surface area contributed by atoms with Crippen LogP contribution in [0.15, 0.2) is 83.8 Å². The predicted molar refractivity (Wildman–Crippen MR) is 124 cm³/mol. The summed E-state index contributed by atoms with van der Waals surface area (Å²) < 4.78 is 28.3. The van der Waals surface area contributed by atoms with Crippen LogP contribution in [0.25, 0.3) is 0 Å². The molecule has 1 amide bonds. The molecule has 3 N–H and O–H groups in total. The van der Waals surface area contributed by atoms with Crippen LogP contribution < -0.4 is 5.73 Å². The maximum atomic E-state index is 13.6. The zero-order chi connectivity index (χ0) is 23.5. The van der Waals surface area contributed by atoms with Crippen LogP contribution in [-0.2, 0) is 27.0 Å². The van der Waals surface area contributed by atoms with E-state index in [9.17, 15) is 18.3 Å². The van der Waals surface area contributed by atoms with Crippen LogP contribution in [0.5, 0.6) is 0 Å². The van der Waals surface area contributed by atoms with Crippen LogP contribution in [0.2, 0.25) is 5.02 Å². The Balaban J connectivity index is 2.10. The topological polar surface area (TPSA) is 101 Å². The third kappa shape index (κ3) is 5.37. The summed E-state index contributed by atoms with van der Waals surface area (Å²) in [5.41, 5.74) is 6.45. The van der Waals surface area contributed by atoms with Gasteiger partial charge in [-0.05, 0) is 54.8 Å². The fourth-order valence-corrected chi connectivity index (χ4v) is 5.06. The minimum atomic E-state index is -4.12. The summed E-state index contributed by atoms with van der Waals surface area (Å²) in [6, 6.07) is 20.0. The van der Waals surface area contributed by atoms with Crippen LogP contribution in [0.3, 0.4) is 0 Å². The molecule has 0 bridgehead atoms. The number of carbonyl (C=O) groups is 1. The van der Waals surface area contributed by atoms with Crippen LogP contribution in [0, 0.1) is 0 Å². The van der Waals surface area contributed by atoms with E-state index in [1.165, 1.54) is 24.3 Å². The molecule has 0 unspecified atom stereocenters. The van der Waals surface area contributed by atoms with Crippen molar-refractivity contribution in [2.24, 2.45) is 5.73 Å². The number of rotatable bonds is 8. The highest BCUT2D eigenvalue weighted by Crippen LogP contribution is 2.31. The van der Waals surface area contributed by atoms with E-state index in [0.717, 1.165) is 4.31 Å². The number of hydrogen-bond acceptors (Lipinski definition) is 4. The molecule has 0 radical (unpaired) electrons. The summed E-state index contributed by atoms with van der Waals surface area (Å²) in [7, 11) is -4.12. The van der Waals surface area contributed by atoms with E-state index in [1.807, 2.05) is 0 Å². The van der Waals surface area contributed by atoms with Gasteiger partial charge in [-0.2, -0.15) is 4.31 Å². The molecule has 8 heteroatoms. The summed E-state index contributed by atoms with van der Waals surface area (Å²) in [6.07, 6.45) is 0. The highest BCUT2D eigenvalue weighted by atomic mass is 35.5. The van der Waals surface area contributed by atoms with Crippen molar-refractivity contribution in [1.29, 1.82) is 0 Å². The first-order valence-corrected chi connectivity index (χ1v) is 11.8. The molecule has 3 aromatic rings. The van der Waals surface area contributed by atoms with E-state index in [4.69, 9.17) is 17.3 Å². The number of sulfonamides is 1. The minimum Gasteiger partial charge on any atom is -0.386 e. The van der Waals surface area contributed by atoms with Gasteiger partial charge < -0.3 is 10.8 Å². The molecule has 1 atom stereocenters. The monoisotopic (exact) mass is 472 g/mol. The molecule has 168 valence electrons. The highest BCUT2D eigenvalue weighted by molar-refractivity contribution is 7.89. The normalized spacial score (nSPS) is 13.2. The van der Waals surface area contributed by atoms with E-state index >= 15 is 0 Å². The summed E-state index contributed by atoms with van der Waals surface area (Å²) in [4.78, 5) is 12.5. The van der Waals surface area contributed by atoms with Crippen molar-refractivity contribution in [3.8, 4) is 0 Å². The largest absolute Gasteiger partial charge is 0.386 e. The summed E-state index contributed by atoms with van der Waals surface area (Å²) in [6.45, 7) is 3.23. The van der Waals surface area contributed by atoms with E-state index in [0.29, 0.717) is 21.7 Å². The van der Waals surface area contributed by atoms with Gasteiger partial charge in [0.15, 0.2) is 0 Å². The molecule has 0 heterocycles. The van der Waals surface area contributed by atoms with Gasteiger partial charge in [0.2, 0.25) is 15.9 Å². The third-order valence-corrected chi connectivity index (χ3v) is 7.17. The SMILES string of the molecule is CC(C)(O)c1ccc(CN([C@@H](C(N)=O)c2ccccc2)S(=O)(=O)c2ccc(Cl)cc2)cc1. The van der Waals surface area contributed by atoms with Crippen LogP contribution in [0.1, 0.15) is 36.6 Å². The van der Waals surface area contributed by atoms with Crippen LogP contribution >= 0.6 is 11.6 Å². The fourth-order valence-electron chi connectivity index (χ4n) is 3.36. The Morgan fingerprint density at radius 1 is 1.00 bits per heavy atom. The van der Waals surface area contributed by atoms with Crippen molar-refractivity contribution in [3.05, 3.63) is 101 Å². The third-order valence-electron chi connectivity index (χ3n) is 5.09. The van der Waals surface area contributed by atoms with Gasteiger partial charge in [0, 0.05) is 11.6 Å². The predicted octanol–water partition coefficient (Wildman–Crippen LogP) is 3.98. The Hall–Kier alpha value is -2.71. The lowest BCUT2D eigenvalue weighted by molar-refractivity contribution is -0.122. The fraction of sp³-hybridized carbons (Fsp3) is 0.208. The van der Waals surface area contributed by atoms with Crippen LogP contribution in [-0.4, -0.2) is 23.7 Å². The number of carbonyl (C=O) groups excluding carboxylic acids is 1. The molecule has 0 saturated heterocycles. The average molecular weight is 473 g/mol. The van der Waals surface area contributed by atoms with Gasteiger partial charge in [-0.25, -0.2) is 8.42 Å². The zero-order valence-corrected chi connectivity index (χ0v) is 19.3. The molecule has 0 spiro atoms. The molecule has 3 aromatic carbocycles. The lowest BCUT2D eigenvalue weighted by atomic mass is 9.97. The van der Waals surface area contributed by atoms with Gasteiger partial charge in [-0.1, -0.05) is 66.2 Å². The van der Waals surface area contributed by atoms with Gasteiger partial charge >= 0.3 is 0 Å². The second kappa shape index (κ2) is 9.42. The molecule has 0 fully saturated rings. The maximum absolute atomic E-state index is 13.6. The van der Waals surface area contributed by atoms with Crippen molar-refractivity contribution in [2.75, 3.05) is 0 Å². The highest BCUT2D eigenvalue weighted by Gasteiger charge is 2.36. The lowest BCUT2D eigenvalue weighted by Crippen LogP contribution is -2.41. The quantitative estimate of drug-likeness (QED) is 0.517. The van der Waals surface area contributed by atoms with Crippen molar-refractivity contribution < 1.29 is 18.3 Å². The number of nitrogens with two attached hydrogens (primary N) is 1. The summed E-state index contributed by atoms with van der Waals surface area (Å²) >= 11 is 5.93. The second-order valence-electron chi connectivity index (χ2n) is 7.98. The second-order valence-corrected chi connectivity index (χ2v) is 10.3. The molecule has 0 aliphatic rings. The number of benzene rings is 3. The number of nitrogens with zero attached hydrogens (tertiary/aromatic N) is 1. The molecule has 0 saturated carbocycles. The first kappa shape index (κ1) is 23.9. The maximum Gasteiger partial charge on any atom is 0.244 e. The number of hydrogen-bond donors (Lipinski definition) is 2. The molecule has 3 rings (SSSR count). The van der Waals surface area contributed by atoms with Crippen molar-refractivity contribution in [1.82, 2.24) is 4.31 Å². The molecule has 0 aliphatic heterocycles. The molecular weight excluding hydrogens is 448 g/mol. The van der Waals surface area contributed by atoms with E-state index in [-0.39, 0.29) is 11.4 Å². The summed E-state index contributed by atoms with van der Waals surface area (Å²) in [5, 5.41) is 10.6. The van der Waals surface area contributed by atoms with Gasteiger partial charge in [0.05, 0.1) is 10.5 Å². The molecule has 32 heavy (non-hydrogen) atoms. The van der Waals surface area contributed by atoms with Gasteiger partial charge in [-0.15, -0.1) is 0 Å². The van der Waals surface area contributed by atoms with Gasteiger partial charge in [-0.3, -0.25) is 4.79 Å². The van der Waals surface area contributed by atoms with Crippen LogP contribution in [0.4, 0.5) is 0 Å². The standard InChI is InChI=1S/C24H25ClN2O4S/c1-24(2,29)19-10-8-17(9-11-19)16-27(22(23(26)28)18-6-4-3-5-7-18)32(30,31)21-14-12-20(25)13-15-21/h3-15,22,29H,16H2,1-2H3,(H2,26,28)/t22-/m1/s1. The van der Waals surface area contributed by atoms with E-state index in [1.54, 1.807) is 68.4 Å². The lowest BCUT2D eigenvalue weighted by Gasteiger charge is -2.29. The number of aliphatic hydroxyl groups is 1. The Bertz CT molecular complexity index is 1170. The van der Waals surface area contributed by atoms with Gasteiger partial charge in [0.1, 0.15) is 6.04 Å². The molecule has 6 nitrogen and oxygen atoms in total.